The molecule has 0 radical (unpaired) electrons. The van der Waals surface area contributed by atoms with Gasteiger partial charge in [0.1, 0.15) is 5.75 Å². The molecule has 1 aromatic rings. The van der Waals surface area contributed by atoms with Gasteiger partial charge >= 0.3 is 0 Å². The minimum Gasteiger partial charge on any atom is -0.496 e. The predicted octanol–water partition coefficient (Wildman–Crippen LogP) is 2.82. The largest absolute Gasteiger partial charge is 0.496 e. The summed E-state index contributed by atoms with van der Waals surface area (Å²) >= 11 is 1.89. The Balaban J connectivity index is 1.64. The van der Waals surface area contributed by atoms with Crippen LogP contribution in [-0.2, 0) is 0 Å². The molecule has 2 aliphatic rings. The second kappa shape index (κ2) is 5.96. The molecule has 1 aromatic carbocycles. The van der Waals surface area contributed by atoms with Gasteiger partial charge in [-0.2, -0.15) is 0 Å². The van der Waals surface area contributed by atoms with Gasteiger partial charge < -0.3 is 15.2 Å². The first-order chi connectivity index (χ1) is 9.74. The van der Waals surface area contributed by atoms with Gasteiger partial charge in [-0.25, -0.2) is 0 Å². The first-order valence-corrected chi connectivity index (χ1v) is 8.31. The van der Waals surface area contributed by atoms with Crippen molar-refractivity contribution in [3.63, 3.8) is 0 Å². The Labute approximate surface area is 125 Å². The molecule has 2 unspecified atom stereocenters. The molecule has 2 saturated carbocycles. The van der Waals surface area contributed by atoms with E-state index in [2.05, 4.69) is 17.4 Å². The molecule has 0 saturated heterocycles. The van der Waals surface area contributed by atoms with Crippen LogP contribution in [0, 0.1) is 0 Å². The van der Waals surface area contributed by atoms with Crippen LogP contribution in [0.2, 0.25) is 0 Å². The van der Waals surface area contributed by atoms with E-state index in [0.717, 1.165) is 25.0 Å². The normalized spacial score (nSPS) is 29.6. The van der Waals surface area contributed by atoms with Gasteiger partial charge in [0.2, 0.25) is 0 Å². The molecular formula is C16H23NO2S. The van der Waals surface area contributed by atoms with Gasteiger partial charge in [0.05, 0.1) is 13.7 Å². The van der Waals surface area contributed by atoms with Gasteiger partial charge in [-0.15, -0.1) is 11.8 Å². The molecule has 0 aromatic heterocycles. The Morgan fingerprint density at radius 2 is 2.15 bits per heavy atom. The van der Waals surface area contributed by atoms with Crippen LogP contribution in [0.4, 0.5) is 0 Å². The number of ether oxygens (including phenoxy) is 1. The lowest BCUT2D eigenvalue weighted by atomic mass is 9.99. The average Bonchev–Trinajstić information content (AvgIpc) is 3.20. The van der Waals surface area contributed by atoms with Gasteiger partial charge in [-0.1, -0.05) is 12.1 Å². The molecule has 3 rings (SSSR count). The van der Waals surface area contributed by atoms with E-state index < -0.39 is 0 Å². The SMILES string of the molecule is COc1ccccc1SC1CCC(CO)(NC2CC2)C1. The fraction of sp³-hybridized carbons (Fsp3) is 0.625. The minimum atomic E-state index is -0.0408. The lowest BCUT2D eigenvalue weighted by Crippen LogP contribution is -2.47. The van der Waals surface area contributed by atoms with Crippen LogP contribution in [0.1, 0.15) is 32.1 Å². The van der Waals surface area contributed by atoms with E-state index in [4.69, 9.17) is 4.74 Å². The van der Waals surface area contributed by atoms with Crippen LogP contribution in [-0.4, -0.2) is 35.7 Å². The molecule has 0 bridgehead atoms. The molecule has 0 aliphatic heterocycles. The molecule has 20 heavy (non-hydrogen) atoms. The van der Waals surface area contributed by atoms with Crippen LogP contribution >= 0.6 is 11.8 Å². The van der Waals surface area contributed by atoms with Gasteiger partial charge in [-0.3, -0.25) is 0 Å². The minimum absolute atomic E-state index is 0.0408. The molecule has 3 nitrogen and oxygen atoms in total. The lowest BCUT2D eigenvalue weighted by molar-refractivity contribution is 0.163. The molecule has 0 heterocycles. The topological polar surface area (TPSA) is 41.5 Å². The highest BCUT2D eigenvalue weighted by molar-refractivity contribution is 8.00. The highest BCUT2D eigenvalue weighted by atomic mass is 32.2. The Morgan fingerprint density at radius 3 is 2.85 bits per heavy atom. The molecule has 2 fully saturated rings. The number of aliphatic hydroxyl groups excluding tert-OH is 1. The Hall–Kier alpha value is -0.710. The van der Waals surface area contributed by atoms with Crippen molar-refractivity contribution in [2.45, 2.75) is 53.8 Å². The molecule has 2 N–H and O–H groups in total. The first kappa shape index (κ1) is 14.2. The number of thioether (sulfide) groups is 1. The van der Waals surface area contributed by atoms with Crippen molar-refractivity contribution in [2.75, 3.05) is 13.7 Å². The predicted molar refractivity (Wildman–Crippen MR) is 82.5 cm³/mol. The number of hydrogen-bond acceptors (Lipinski definition) is 4. The van der Waals surface area contributed by atoms with Crippen molar-refractivity contribution in [1.29, 1.82) is 0 Å². The van der Waals surface area contributed by atoms with E-state index in [9.17, 15) is 5.11 Å². The number of benzene rings is 1. The van der Waals surface area contributed by atoms with E-state index >= 15 is 0 Å². The smallest absolute Gasteiger partial charge is 0.132 e. The standard InChI is InChI=1S/C16H23NO2S/c1-19-14-4-2-3-5-15(14)20-13-8-9-16(10-13,11-18)17-12-6-7-12/h2-5,12-13,17-18H,6-11H2,1H3. The third-order valence-electron chi connectivity index (χ3n) is 4.32. The maximum absolute atomic E-state index is 9.78. The molecule has 2 atom stereocenters. The molecule has 110 valence electrons. The molecular weight excluding hydrogens is 270 g/mol. The number of methoxy groups -OCH3 is 1. The zero-order valence-electron chi connectivity index (χ0n) is 12.0. The van der Waals surface area contributed by atoms with Crippen LogP contribution in [0.15, 0.2) is 29.2 Å². The molecule has 4 heteroatoms. The number of para-hydroxylation sites is 1. The van der Waals surface area contributed by atoms with Crippen molar-refractivity contribution in [2.24, 2.45) is 0 Å². The molecule has 2 aliphatic carbocycles. The Kier molecular flexibility index (Phi) is 4.24. The number of hydrogen-bond donors (Lipinski definition) is 2. The van der Waals surface area contributed by atoms with Gasteiger partial charge in [0, 0.05) is 21.7 Å². The van der Waals surface area contributed by atoms with Crippen molar-refractivity contribution in [1.82, 2.24) is 5.32 Å². The monoisotopic (exact) mass is 293 g/mol. The van der Waals surface area contributed by atoms with Gasteiger partial charge in [0.25, 0.3) is 0 Å². The van der Waals surface area contributed by atoms with Crippen LogP contribution in [0.3, 0.4) is 0 Å². The summed E-state index contributed by atoms with van der Waals surface area (Å²) in [5.74, 6) is 0.953. The van der Waals surface area contributed by atoms with Gasteiger partial charge in [-0.05, 0) is 44.2 Å². The van der Waals surface area contributed by atoms with Crippen LogP contribution in [0.5, 0.6) is 5.75 Å². The summed E-state index contributed by atoms with van der Waals surface area (Å²) in [6.45, 7) is 0.256. The number of rotatable bonds is 6. The maximum Gasteiger partial charge on any atom is 0.132 e. The second-order valence-electron chi connectivity index (χ2n) is 5.99. The summed E-state index contributed by atoms with van der Waals surface area (Å²) in [4.78, 5) is 1.21. The van der Waals surface area contributed by atoms with Crippen molar-refractivity contribution in [3.05, 3.63) is 24.3 Å². The highest BCUT2D eigenvalue weighted by Crippen LogP contribution is 2.43. The van der Waals surface area contributed by atoms with Gasteiger partial charge in [0.15, 0.2) is 0 Å². The lowest BCUT2D eigenvalue weighted by Gasteiger charge is -2.28. The van der Waals surface area contributed by atoms with Crippen molar-refractivity contribution < 1.29 is 9.84 Å². The fourth-order valence-electron chi connectivity index (χ4n) is 3.05. The summed E-state index contributed by atoms with van der Waals surface area (Å²) in [6, 6.07) is 8.85. The summed E-state index contributed by atoms with van der Waals surface area (Å²) in [5.41, 5.74) is -0.0408. The highest BCUT2D eigenvalue weighted by Gasteiger charge is 2.42. The van der Waals surface area contributed by atoms with Crippen molar-refractivity contribution in [3.8, 4) is 5.75 Å². The van der Waals surface area contributed by atoms with E-state index in [1.54, 1.807) is 7.11 Å². The number of nitrogens with one attached hydrogen (secondary N) is 1. The Morgan fingerprint density at radius 1 is 1.35 bits per heavy atom. The fourth-order valence-corrected chi connectivity index (χ4v) is 4.48. The second-order valence-corrected chi connectivity index (χ2v) is 7.33. The summed E-state index contributed by atoms with van der Waals surface area (Å²) < 4.78 is 5.42. The quantitative estimate of drug-likeness (QED) is 0.846. The third-order valence-corrected chi connectivity index (χ3v) is 5.64. The molecule has 0 amide bonds. The van der Waals surface area contributed by atoms with Crippen LogP contribution in [0.25, 0.3) is 0 Å². The van der Waals surface area contributed by atoms with E-state index in [1.165, 1.54) is 17.7 Å². The summed E-state index contributed by atoms with van der Waals surface area (Å²) in [6.07, 6.45) is 5.82. The van der Waals surface area contributed by atoms with Crippen LogP contribution < -0.4 is 10.1 Å². The Bertz CT molecular complexity index is 464. The van der Waals surface area contributed by atoms with Crippen molar-refractivity contribution >= 4 is 11.8 Å². The number of aliphatic hydroxyl groups is 1. The third kappa shape index (κ3) is 3.13. The maximum atomic E-state index is 9.78. The average molecular weight is 293 g/mol. The zero-order chi connectivity index (χ0) is 14.0. The molecule has 0 spiro atoms. The van der Waals surface area contributed by atoms with E-state index in [0.29, 0.717) is 11.3 Å². The summed E-state index contributed by atoms with van der Waals surface area (Å²) in [5, 5.41) is 14.0. The van der Waals surface area contributed by atoms with E-state index in [1.807, 2.05) is 23.9 Å². The first-order valence-electron chi connectivity index (χ1n) is 7.43. The van der Waals surface area contributed by atoms with E-state index in [-0.39, 0.29) is 12.1 Å². The zero-order valence-corrected chi connectivity index (χ0v) is 12.8. The summed E-state index contributed by atoms with van der Waals surface area (Å²) in [7, 11) is 1.72.